The summed E-state index contributed by atoms with van der Waals surface area (Å²) in [6.45, 7) is 0.0467. The van der Waals surface area contributed by atoms with Crippen molar-refractivity contribution in [3.8, 4) is 11.8 Å². The first kappa shape index (κ1) is 11.6. The number of hydrogen-bond acceptors (Lipinski definition) is 3. The molecule has 17 heavy (non-hydrogen) atoms. The smallest absolute Gasteiger partial charge is 0.228 e. The summed E-state index contributed by atoms with van der Waals surface area (Å²) < 4.78 is 0. The molecule has 0 radical (unpaired) electrons. The minimum atomic E-state index is 0.0398. The molecule has 2 N–H and O–H groups in total. The van der Waals surface area contributed by atoms with Crippen molar-refractivity contribution < 1.29 is 9.90 Å². The normalized spacial score (nSPS) is 13.7. The Kier molecular flexibility index (Phi) is 3.73. The predicted octanol–water partition coefficient (Wildman–Crippen LogP) is 1.16. The summed E-state index contributed by atoms with van der Waals surface area (Å²) in [5, 5.41) is 11.4. The lowest BCUT2D eigenvalue weighted by atomic mass is 10.3. The van der Waals surface area contributed by atoms with Gasteiger partial charge in [-0.2, -0.15) is 0 Å². The first-order chi connectivity index (χ1) is 8.29. The van der Waals surface area contributed by atoms with Crippen molar-refractivity contribution in [3.63, 3.8) is 0 Å². The van der Waals surface area contributed by atoms with Gasteiger partial charge in [0, 0.05) is 12.3 Å². The SMILES string of the molecule is O=C(Nc1cccc(C#CCCO)n1)C1CC1. The second-order valence-electron chi connectivity index (χ2n) is 3.95. The Morgan fingerprint density at radius 1 is 1.53 bits per heavy atom. The van der Waals surface area contributed by atoms with Crippen molar-refractivity contribution in [2.45, 2.75) is 19.3 Å². The topological polar surface area (TPSA) is 62.2 Å². The zero-order valence-corrected chi connectivity index (χ0v) is 9.44. The van der Waals surface area contributed by atoms with Gasteiger partial charge >= 0.3 is 0 Å². The molecule has 0 unspecified atom stereocenters. The van der Waals surface area contributed by atoms with Crippen LogP contribution in [0.25, 0.3) is 0 Å². The number of carbonyl (C=O) groups is 1. The number of aromatic nitrogens is 1. The number of aliphatic hydroxyl groups excluding tert-OH is 1. The molecule has 1 aromatic heterocycles. The van der Waals surface area contributed by atoms with Gasteiger partial charge in [-0.1, -0.05) is 12.0 Å². The lowest BCUT2D eigenvalue weighted by molar-refractivity contribution is -0.117. The summed E-state index contributed by atoms with van der Waals surface area (Å²) in [7, 11) is 0. The summed E-state index contributed by atoms with van der Waals surface area (Å²) in [5.41, 5.74) is 0.604. The molecule has 4 nitrogen and oxygen atoms in total. The minimum absolute atomic E-state index is 0.0398. The molecule has 2 rings (SSSR count). The van der Waals surface area contributed by atoms with E-state index in [1.807, 2.05) is 0 Å². The van der Waals surface area contributed by atoms with Crippen molar-refractivity contribution in [3.05, 3.63) is 23.9 Å². The molecule has 1 aliphatic rings. The van der Waals surface area contributed by atoms with Gasteiger partial charge in [-0.15, -0.1) is 0 Å². The highest BCUT2D eigenvalue weighted by Crippen LogP contribution is 2.29. The van der Waals surface area contributed by atoms with Gasteiger partial charge in [0.15, 0.2) is 0 Å². The van der Waals surface area contributed by atoms with E-state index in [1.54, 1.807) is 18.2 Å². The van der Waals surface area contributed by atoms with E-state index < -0.39 is 0 Å². The molecule has 1 heterocycles. The van der Waals surface area contributed by atoms with E-state index >= 15 is 0 Å². The van der Waals surface area contributed by atoms with E-state index in [1.165, 1.54) is 0 Å². The van der Waals surface area contributed by atoms with Crippen molar-refractivity contribution >= 4 is 11.7 Å². The van der Waals surface area contributed by atoms with Crippen LogP contribution in [0, 0.1) is 17.8 Å². The number of pyridine rings is 1. The van der Waals surface area contributed by atoms with E-state index in [9.17, 15) is 4.79 Å². The first-order valence-electron chi connectivity index (χ1n) is 5.67. The van der Waals surface area contributed by atoms with Gasteiger partial charge in [-0.25, -0.2) is 4.98 Å². The van der Waals surface area contributed by atoms with Crippen LogP contribution in [-0.4, -0.2) is 22.6 Å². The van der Waals surface area contributed by atoms with Crippen LogP contribution in [0.5, 0.6) is 0 Å². The van der Waals surface area contributed by atoms with E-state index in [-0.39, 0.29) is 18.4 Å². The minimum Gasteiger partial charge on any atom is -0.395 e. The molecule has 0 bridgehead atoms. The van der Waals surface area contributed by atoms with Crippen molar-refractivity contribution in [1.29, 1.82) is 0 Å². The summed E-state index contributed by atoms with van der Waals surface area (Å²) in [6, 6.07) is 5.33. The van der Waals surface area contributed by atoms with Crippen LogP contribution in [0.2, 0.25) is 0 Å². The van der Waals surface area contributed by atoms with Crippen molar-refractivity contribution in [2.24, 2.45) is 5.92 Å². The molecule has 1 fully saturated rings. The Morgan fingerprint density at radius 3 is 3.06 bits per heavy atom. The molecule has 0 atom stereocenters. The molecule has 0 saturated heterocycles. The van der Waals surface area contributed by atoms with Gasteiger partial charge < -0.3 is 10.4 Å². The summed E-state index contributed by atoms with van der Waals surface area (Å²) in [6.07, 6.45) is 2.38. The molecule has 0 aromatic carbocycles. The highest BCUT2D eigenvalue weighted by atomic mass is 16.2. The van der Waals surface area contributed by atoms with Crippen LogP contribution in [0.4, 0.5) is 5.82 Å². The molecule has 4 heteroatoms. The number of hydrogen-bond donors (Lipinski definition) is 2. The average molecular weight is 230 g/mol. The van der Waals surface area contributed by atoms with Crippen molar-refractivity contribution in [2.75, 3.05) is 11.9 Å². The van der Waals surface area contributed by atoms with Crippen LogP contribution in [0.3, 0.4) is 0 Å². The molecule has 1 aromatic rings. The standard InChI is InChI=1S/C13H14N2O2/c16-9-2-1-4-11-5-3-6-12(14-11)15-13(17)10-7-8-10/h3,5-6,10,16H,2,7-9H2,(H,14,15,17). The maximum Gasteiger partial charge on any atom is 0.228 e. The zero-order chi connectivity index (χ0) is 12.1. The maximum atomic E-state index is 11.5. The van der Waals surface area contributed by atoms with Crippen LogP contribution in [0.1, 0.15) is 25.0 Å². The number of nitrogens with zero attached hydrogens (tertiary/aromatic N) is 1. The van der Waals surface area contributed by atoms with Crippen LogP contribution in [0.15, 0.2) is 18.2 Å². The number of nitrogens with one attached hydrogen (secondary N) is 1. The molecule has 0 spiro atoms. The fourth-order valence-corrected chi connectivity index (χ4v) is 1.36. The largest absolute Gasteiger partial charge is 0.395 e. The fraction of sp³-hybridized carbons (Fsp3) is 0.385. The summed E-state index contributed by atoms with van der Waals surface area (Å²) >= 11 is 0. The molecular formula is C13H14N2O2. The highest BCUT2D eigenvalue weighted by molar-refractivity contribution is 5.93. The third kappa shape index (κ3) is 3.58. The van der Waals surface area contributed by atoms with Gasteiger partial charge in [0.25, 0.3) is 0 Å². The Balaban J connectivity index is 2.01. The Labute approximate surface area is 100 Å². The van der Waals surface area contributed by atoms with E-state index in [0.717, 1.165) is 12.8 Å². The van der Waals surface area contributed by atoms with Gasteiger partial charge in [-0.05, 0) is 30.9 Å². The fourth-order valence-electron chi connectivity index (χ4n) is 1.36. The lowest BCUT2D eigenvalue weighted by Gasteiger charge is -2.02. The molecule has 1 aliphatic carbocycles. The Bertz CT molecular complexity index is 470. The van der Waals surface area contributed by atoms with Gasteiger partial charge in [-0.3, -0.25) is 4.79 Å². The number of aliphatic hydroxyl groups is 1. The van der Waals surface area contributed by atoms with E-state index in [0.29, 0.717) is 17.9 Å². The number of amides is 1. The lowest BCUT2D eigenvalue weighted by Crippen LogP contribution is -2.14. The monoisotopic (exact) mass is 230 g/mol. The van der Waals surface area contributed by atoms with Crippen molar-refractivity contribution in [1.82, 2.24) is 4.98 Å². The summed E-state index contributed by atoms with van der Waals surface area (Å²) in [4.78, 5) is 15.7. The van der Waals surface area contributed by atoms with Crippen LogP contribution >= 0.6 is 0 Å². The number of rotatable bonds is 3. The quantitative estimate of drug-likeness (QED) is 0.766. The van der Waals surface area contributed by atoms with Gasteiger partial charge in [0.2, 0.25) is 5.91 Å². The molecule has 0 aliphatic heterocycles. The molecule has 1 amide bonds. The highest BCUT2D eigenvalue weighted by Gasteiger charge is 2.29. The van der Waals surface area contributed by atoms with E-state index in [2.05, 4.69) is 22.1 Å². The predicted molar refractivity (Wildman–Crippen MR) is 64.2 cm³/mol. The van der Waals surface area contributed by atoms with Crippen LogP contribution < -0.4 is 5.32 Å². The molecule has 1 saturated carbocycles. The zero-order valence-electron chi connectivity index (χ0n) is 9.44. The second-order valence-corrected chi connectivity index (χ2v) is 3.95. The third-order valence-corrected chi connectivity index (χ3v) is 2.40. The maximum absolute atomic E-state index is 11.5. The van der Waals surface area contributed by atoms with E-state index in [4.69, 9.17) is 5.11 Å². The number of carbonyl (C=O) groups excluding carboxylic acids is 1. The second kappa shape index (κ2) is 5.46. The third-order valence-electron chi connectivity index (χ3n) is 2.40. The Morgan fingerprint density at radius 2 is 2.35 bits per heavy atom. The average Bonchev–Trinajstić information content (AvgIpc) is 3.14. The molecule has 88 valence electrons. The number of anilines is 1. The molecular weight excluding hydrogens is 216 g/mol. The Hall–Kier alpha value is -1.86. The summed E-state index contributed by atoms with van der Waals surface area (Å²) in [5.74, 6) is 6.37. The van der Waals surface area contributed by atoms with Gasteiger partial charge in [0.1, 0.15) is 11.5 Å². The van der Waals surface area contributed by atoms with Crippen LogP contribution in [-0.2, 0) is 4.79 Å². The van der Waals surface area contributed by atoms with Gasteiger partial charge in [0.05, 0.1) is 6.61 Å². The first-order valence-corrected chi connectivity index (χ1v) is 5.67.